The Labute approximate surface area is 77.8 Å². The number of benzene rings is 1. The van der Waals surface area contributed by atoms with Crippen LogP contribution in [0.2, 0.25) is 0 Å². The maximum Gasteiger partial charge on any atom is 0.138 e. The molecule has 1 aromatic rings. The summed E-state index contributed by atoms with van der Waals surface area (Å²) in [5.41, 5.74) is 7.23. The van der Waals surface area contributed by atoms with Crippen LogP contribution >= 0.6 is 0 Å². The summed E-state index contributed by atoms with van der Waals surface area (Å²) in [5, 5.41) is 9.21. The summed E-state index contributed by atoms with van der Waals surface area (Å²) in [6.45, 7) is 3.31. The van der Waals surface area contributed by atoms with Crippen LogP contribution in [-0.2, 0) is 6.54 Å². The molecule has 0 radical (unpaired) electrons. The number of hydrogen-bond donors (Lipinski definition) is 2. The molecule has 0 bridgehead atoms. The summed E-state index contributed by atoms with van der Waals surface area (Å²) in [7, 11) is 0. The summed E-state index contributed by atoms with van der Waals surface area (Å²) in [4.78, 5) is 2.35. The van der Waals surface area contributed by atoms with Crippen LogP contribution in [0.5, 0.6) is 5.75 Å². The van der Waals surface area contributed by atoms with Crippen LogP contribution in [0.25, 0.3) is 0 Å². The minimum atomic E-state index is 0.173. The van der Waals surface area contributed by atoms with Gasteiger partial charge in [0.1, 0.15) is 5.75 Å². The predicted octanol–water partition coefficient (Wildman–Crippen LogP) is 1.18. The summed E-state index contributed by atoms with van der Waals surface area (Å²) >= 11 is 0. The van der Waals surface area contributed by atoms with E-state index in [2.05, 4.69) is 4.90 Å². The first-order valence-electron chi connectivity index (χ1n) is 4.55. The molecule has 0 aliphatic carbocycles. The van der Waals surface area contributed by atoms with E-state index in [1.165, 1.54) is 25.1 Å². The zero-order valence-electron chi connectivity index (χ0n) is 7.53. The number of phenolic OH excluding ortho intramolecular Hbond substituents is 1. The summed E-state index contributed by atoms with van der Waals surface area (Å²) in [5.74, 6) is 0.173. The molecule has 13 heavy (non-hydrogen) atoms. The Morgan fingerprint density at radius 2 is 2.15 bits per heavy atom. The van der Waals surface area contributed by atoms with Gasteiger partial charge in [-0.15, -0.1) is 0 Å². The van der Waals surface area contributed by atoms with E-state index in [-0.39, 0.29) is 5.75 Å². The second kappa shape index (κ2) is 3.26. The fourth-order valence-corrected chi connectivity index (χ4v) is 1.50. The van der Waals surface area contributed by atoms with Crippen molar-refractivity contribution in [1.29, 1.82) is 0 Å². The van der Waals surface area contributed by atoms with Gasteiger partial charge in [-0.05, 0) is 37.2 Å². The average molecular weight is 178 g/mol. The molecule has 1 aromatic carbocycles. The zero-order valence-corrected chi connectivity index (χ0v) is 7.53. The van der Waals surface area contributed by atoms with Crippen LogP contribution < -0.4 is 5.73 Å². The third-order valence-corrected chi connectivity index (χ3v) is 2.45. The molecular weight excluding hydrogens is 164 g/mol. The van der Waals surface area contributed by atoms with Crippen molar-refractivity contribution in [2.45, 2.75) is 13.0 Å². The van der Waals surface area contributed by atoms with Gasteiger partial charge in [-0.2, -0.15) is 0 Å². The van der Waals surface area contributed by atoms with Gasteiger partial charge in [-0.3, -0.25) is 4.90 Å². The second-order valence-electron chi connectivity index (χ2n) is 3.52. The highest BCUT2D eigenvalue weighted by atomic mass is 16.3. The number of hydrogen-bond acceptors (Lipinski definition) is 3. The molecule has 0 aromatic heterocycles. The van der Waals surface area contributed by atoms with Crippen molar-refractivity contribution >= 4 is 5.69 Å². The topological polar surface area (TPSA) is 49.5 Å². The van der Waals surface area contributed by atoms with Crippen molar-refractivity contribution in [2.24, 2.45) is 0 Å². The van der Waals surface area contributed by atoms with Crippen LogP contribution in [0.4, 0.5) is 5.69 Å². The van der Waals surface area contributed by atoms with E-state index < -0.39 is 0 Å². The Morgan fingerprint density at radius 1 is 1.38 bits per heavy atom. The van der Waals surface area contributed by atoms with E-state index in [0.29, 0.717) is 5.69 Å². The monoisotopic (exact) mass is 178 g/mol. The molecule has 3 nitrogen and oxygen atoms in total. The molecule has 70 valence electrons. The smallest absolute Gasteiger partial charge is 0.138 e. The lowest BCUT2D eigenvalue weighted by Crippen LogP contribution is -2.36. The lowest BCUT2D eigenvalue weighted by atomic mass is 10.1. The third kappa shape index (κ3) is 1.75. The van der Waals surface area contributed by atoms with Gasteiger partial charge in [-0.1, -0.05) is 6.07 Å². The van der Waals surface area contributed by atoms with Crippen molar-refractivity contribution in [3.63, 3.8) is 0 Å². The maximum atomic E-state index is 9.21. The molecule has 0 saturated carbocycles. The fourth-order valence-electron chi connectivity index (χ4n) is 1.50. The second-order valence-corrected chi connectivity index (χ2v) is 3.52. The Hall–Kier alpha value is -1.22. The van der Waals surface area contributed by atoms with E-state index in [9.17, 15) is 5.11 Å². The SMILES string of the molecule is Nc1cc(CN2CCC2)ccc1O. The average Bonchev–Trinajstić information content (AvgIpc) is 2.04. The van der Waals surface area contributed by atoms with Crippen LogP contribution in [-0.4, -0.2) is 23.1 Å². The molecule has 0 amide bonds. The highest BCUT2D eigenvalue weighted by molar-refractivity contribution is 5.53. The van der Waals surface area contributed by atoms with E-state index in [4.69, 9.17) is 5.73 Å². The minimum absolute atomic E-state index is 0.173. The maximum absolute atomic E-state index is 9.21. The molecule has 2 rings (SSSR count). The Kier molecular flexibility index (Phi) is 2.10. The van der Waals surface area contributed by atoms with E-state index >= 15 is 0 Å². The molecule has 1 fully saturated rings. The largest absolute Gasteiger partial charge is 0.506 e. The van der Waals surface area contributed by atoms with E-state index in [0.717, 1.165) is 6.54 Å². The van der Waals surface area contributed by atoms with Gasteiger partial charge in [0.2, 0.25) is 0 Å². The molecule has 1 aliphatic heterocycles. The highest BCUT2D eigenvalue weighted by Gasteiger charge is 2.13. The molecule has 3 N–H and O–H groups in total. The fraction of sp³-hybridized carbons (Fsp3) is 0.400. The molecule has 1 aliphatic rings. The van der Waals surface area contributed by atoms with Gasteiger partial charge in [0.25, 0.3) is 0 Å². The van der Waals surface area contributed by atoms with Crippen LogP contribution in [0, 0.1) is 0 Å². The lowest BCUT2D eigenvalue weighted by Gasteiger charge is -2.30. The quantitative estimate of drug-likeness (QED) is 0.528. The van der Waals surface area contributed by atoms with E-state index in [1.54, 1.807) is 6.07 Å². The van der Waals surface area contributed by atoms with Gasteiger partial charge in [0.15, 0.2) is 0 Å². The van der Waals surface area contributed by atoms with Crippen LogP contribution in [0.3, 0.4) is 0 Å². The molecule has 1 saturated heterocycles. The van der Waals surface area contributed by atoms with Crippen LogP contribution in [0.15, 0.2) is 18.2 Å². The molecule has 1 heterocycles. The third-order valence-electron chi connectivity index (χ3n) is 2.45. The zero-order chi connectivity index (χ0) is 9.26. The Bertz CT molecular complexity index is 308. The number of nitrogens with two attached hydrogens (primary N) is 1. The van der Waals surface area contributed by atoms with Gasteiger partial charge < -0.3 is 10.8 Å². The van der Waals surface area contributed by atoms with Crippen molar-refractivity contribution in [1.82, 2.24) is 4.90 Å². The Morgan fingerprint density at radius 3 is 2.69 bits per heavy atom. The van der Waals surface area contributed by atoms with Crippen molar-refractivity contribution in [3.05, 3.63) is 23.8 Å². The molecule has 0 unspecified atom stereocenters. The number of anilines is 1. The number of nitrogens with zero attached hydrogens (tertiary/aromatic N) is 1. The first kappa shape index (κ1) is 8.38. The normalized spacial score (nSPS) is 16.9. The number of aromatic hydroxyl groups is 1. The standard InChI is InChI=1S/C10H14N2O/c11-9-6-8(2-3-10(9)13)7-12-4-1-5-12/h2-3,6,13H,1,4-5,7,11H2. The number of phenols is 1. The van der Waals surface area contributed by atoms with Gasteiger partial charge in [0, 0.05) is 6.54 Å². The summed E-state index contributed by atoms with van der Waals surface area (Å²) in [6.07, 6.45) is 1.30. The molecular formula is C10H14N2O. The highest BCUT2D eigenvalue weighted by Crippen LogP contribution is 2.22. The van der Waals surface area contributed by atoms with Gasteiger partial charge in [0.05, 0.1) is 5.69 Å². The van der Waals surface area contributed by atoms with Crippen molar-refractivity contribution in [2.75, 3.05) is 18.8 Å². The van der Waals surface area contributed by atoms with Gasteiger partial charge >= 0.3 is 0 Å². The molecule has 0 spiro atoms. The lowest BCUT2D eigenvalue weighted by molar-refractivity contribution is 0.172. The first-order chi connectivity index (χ1) is 6.25. The van der Waals surface area contributed by atoms with Gasteiger partial charge in [-0.25, -0.2) is 0 Å². The summed E-state index contributed by atoms with van der Waals surface area (Å²) < 4.78 is 0. The number of likely N-dealkylation sites (tertiary alicyclic amines) is 1. The summed E-state index contributed by atoms with van der Waals surface area (Å²) in [6, 6.07) is 5.42. The number of rotatable bonds is 2. The van der Waals surface area contributed by atoms with E-state index in [1.807, 2.05) is 12.1 Å². The number of nitrogen functional groups attached to an aromatic ring is 1. The van der Waals surface area contributed by atoms with Crippen molar-refractivity contribution in [3.8, 4) is 5.75 Å². The minimum Gasteiger partial charge on any atom is -0.506 e. The Balaban J connectivity index is 2.07. The van der Waals surface area contributed by atoms with Crippen LogP contribution in [0.1, 0.15) is 12.0 Å². The molecule has 3 heteroatoms. The van der Waals surface area contributed by atoms with Crippen molar-refractivity contribution < 1.29 is 5.11 Å². The predicted molar refractivity (Wildman–Crippen MR) is 52.4 cm³/mol. The molecule has 0 atom stereocenters. The first-order valence-corrected chi connectivity index (χ1v) is 4.55.